The minimum atomic E-state index is 0.754. The minimum absolute atomic E-state index is 0.754. The zero-order chi connectivity index (χ0) is 12.4. The van der Waals surface area contributed by atoms with E-state index in [0.717, 1.165) is 29.7 Å². The number of nitrogen functional groups attached to an aromatic ring is 1. The van der Waals surface area contributed by atoms with Crippen molar-refractivity contribution in [1.82, 2.24) is 9.88 Å². The van der Waals surface area contributed by atoms with Crippen LogP contribution in [0.3, 0.4) is 0 Å². The van der Waals surface area contributed by atoms with Gasteiger partial charge in [-0.25, -0.2) is 4.98 Å². The summed E-state index contributed by atoms with van der Waals surface area (Å²) in [5.74, 6) is 1.77. The number of pyridine rings is 1. The molecule has 94 valence electrons. The van der Waals surface area contributed by atoms with Crippen LogP contribution < -0.4 is 10.6 Å². The SMILES string of the molecule is Cc1nc(N(C)CC2CCN(C)C2)ccc1N. The van der Waals surface area contributed by atoms with Crippen molar-refractivity contribution < 1.29 is 0 Å². The summed E-state index contributed by atoms with van der Waals surface area (Å²) in [6, 6.07) is 3.94. The van der Waals surface area contributed by atoms with Crippen LogP contribution in [0.4, 0.5) is 11.5 Å². The van der Waals surface area contributed by atoms with Crippen molar-refractivity contribution in [2.75, 3.05) is 44.4 Å². The molecule has 1 aliphatic rings. The first kappa shape index (κ1) is 12.2. The third-order valence-corrected chi connectivity index (χ3v) is 3.52. The van der Waals surface area contributed by atoms with Crippen LogP contribution in [0.2, 0.25) is 0 Å². The van der Waals surface area contributed by atoms with E-state index in [2.05, 4.69) is 28.9 Å². The summed E-state index contributed by atoms with van der Waals surface area (Å²) in [5.41, 5.74) is 7.46. The minimum Gasteiger partial charge on any atom is -0.397 e. The van der Waals surface area contributed by atoms with Crippen LogP contribution in [0, 0.1) is 12.8 Å². The maximum absolute atomic E-state index is 5.78. The Hall–Kier alpha value is -1.29. The van der Waals surface area contributed by atoms with E-state index < -0.39 is 0 Å². The molecular formula is C13H22N4. The molecular weight excluding hydrogens is 212 g/mol. The first-order valence-electron chi connectivity index (χ1n) is 6.19. The topological polar surface area (TPSA) is 45.4 Å². The number of hydrogen-bond donors (Lipinski definition) is 1. The molecule has 0 aliphatic carbocycles. The monoisotopic (exact) mass is 234 g/mol. The number of nitrogens with two attached hydrogens (primary N) is 1. The Balaban J connectivity index is 1.99. The van der Waals surface area contributed by atoms with E-state index in [4.69, 9.17) is 5.73 Å². The van der Waals surface area contributed by atoms with Gasteiger partial charge in [-0.15, -0.1) is 0 Å². The van der Waals surface area contributed by atoms with E-state index in [1.165, 1.54) is 19.5 Å². The van der Waals surface area contributed by atoms with Gasteiger partial charge in [0, 0.05) is 20.1 Å². The van der Waals surface area contributed by atoms with Crippen LogP contribution in [-0.2, 0) is 0 Å². The summed E-state index contributed by atoms with van der Waals surface area (Å²) in [4.78, 5) is 9.14. The molecule has 1 aliphatic heterocycles. The smallest absolute Gasteiger partial charge is 0.128 e. The molecule has 1 saturated heterocycles. The lowest BCUT2D eigenvalue weighted by Gasteiger charge is -2.22. The molecule has 1 fully saturated rings. The number of rotatable bonds is 3. The van der Waals surface area contributed by atoms with Gasteiger partial charge < -0.3 is 15.5 Å². The van der Waals surface area contributed by atoms with Crippen molar-refractivity contribution in [3.05, 3.63) is 17.8 Å². The zero-order valence-corrected chi connectivity index (χ0v) is 11.0. The number of aryl methyl sites for hydroxylation is 1. The Morgan fingerprint density at radius 3 is 2.88 bits per heavy atom. The van der Waals surface area contributed by atoms with E-state index in [0.29, 0.717) is 0 Å². The van der Waals surface area contributed by atoms with E-state index in [-0.39, 0.29) is 0 Å². The van der Waals surface area contributed by atoms with Gasteiger partial charge in [0.2, 0.25) is 0 Å². The Morgan fingerprint density at radius 2 is 2.29 bits per heavy atom. The number of aromatic nitrogens is 1. The van der Waals surface area contributed by atoms with Crippen LogP contribution in [0.25, 0.3) is 0 Å². The highest BCUT2D eigenvalue weighted by atomic mass is 15.2. The van der Waals surface area contributed by atoms with Crippen molar-refractivity contribution in [1.29, 1.82) is 0 Å². The molecule has 1 aromatic rings. The quantitative estimate of drug-likeness (QED) is 0.858. The molecule has 2 heterocycles. The lowest BCUT2D eigenvalue weighted by Crippen LogP contribution is -2.28. The van der Waals surface area contributed by atoms with E-state index >= 15 is 0 Å². The zero-order valence-electron chi connectivity index (χ0n) is 11.0. The number of likely N-dealkylation sites (tertiary alicyclic amines) is 1. The number of hydrogen-bond acceptors (Lipinski definition) is 4. The fourth-order valence-corrected chi connectivity index (χ4v) is 2.43. The van der Waals surface area contributed by atoms with Crippen LogP contribution in [0.1, 0.15) is 12.1 Å². The fraction of sp³-hybridized carbons (Fsp3) is 0.615. The molecule has 4 nitrogen and oxygen atoms in total. The van der Waals surface area contributed by atoms with Gasteiger partial charge in [-0.1, -0.05) is 0 Å². The average Bonchev–Trinajstić information content (AvgIpc) is 2.68. The lowest BCUT2D eigenvalue weighted by atomic mass is 10.1. The van der Waals surface area contributed by atoms with E-state index in [1.807, 2.05) is 19.1 Å². The summed E-state index contributed by atoms with van der Waals surface area (Å²) in [5, 5.41) is 0. The molecule has 0 spiro atoms. The van der Waals surface area contributed by atoms with Gasteiger partial charge in [0.15, 0.2) is 0 Å². The molecule has 1 unspecified atom stereocenters. The van der Waals surface area contributed by atoms with Crippen LogP contribution in [0.15, 0.2) is 12.1 Å². The predicted octanol–water partition coefficient (Wildman–Crippen LogP) is 1.36. The van der Waals surface area contributed by atoms with Crippen LogP contribution in [0.5, 0.6) is 0 Å². The summed E-state index contributed by atoms with van der Waals surface area (Å²) >= 11 is 0. The molecule has 4 heteroatoms. The van der Waals surface area contributed by atoms with Crippen molar-refractivity contribution in [3.8, 4) is 0 Å². The van der Waals surface area contributed by atoms with Gasteiger partial charge in [-0.05, 0) is 45.0 Å². The van der Waals surface area contributed by atoms with Gasteiger partial charge in [-0.3, -0.25) is 0 Å². The largest absolute Gasteiger partial charge is 0.397 e. The van der Waals surface area contributed by atoms with Gasteiger partial charge in [0.25, 0.3) is 0 Å². The Bertz CT molecular complexity index is 391. The summed E-state index contributed by atoms with van der Waals surface area (Å²) in [6.45, 7) is 5.43. The predicted molar refractivity (Wildman–Crippen MR) is 72.3 cm³/mol. The Morgan fingerprint density at radius 1 is 1.53 bits per heavy atom. The highest BCUT2D eigenvalue weighted by Gasteiger charge is 2.21. The molecule has 1 atom stereocenters. The fourth-order valence-electron chi connectivity index (χ4n) is 2.43. The second-order valence-corrected chi connectivity index (χ2v) is 5.14. The molecule has 1 aromatic heterocycles. The molecule has 0 saturated carbocycles. The maximum Gasteiger partial charge on any atom is 0.128 e. The molecule has 2 rings (SSSR count). The highest BCUT2D eigenvalue weighted by Crippen LogP contribution is 2.19. The average molecular weight is 234 g/mol. The van der Waals surface area contributed by atoms with Gasteiger partial charge in [0.05, 0.1) is 11.4 Å². The van der Waals surface area contributed by atoms with Gasteiger partial charge in [0.1, 0.15) is 5.82 Å². The molecule has 2 N–H and O–H groups in total. The second kappa shape index (κ2) is 4.92. The molecule has 0 aromatic carbocycles. The number of anilines is 2. The molecule has 0 amide bonds. The third kappa shape index (κ3) is 2.88. The lowest BCUT2D eigenvalue weighted by molar-refractivity contribution is 0.395. The molecule has 0 radical (unpaired) electrons. The van der Waals surface area contributed by atoms with Crippen molar-refractivity contribution in [2.45, 2.75) is 13.3 Å². The third-order valence-electron chi connectivity index (χ3n) is 3.52. The van der Waals surface area contributed by atoms with Crippen molar-refractivity contribution in [3.63, 3.8) is 0 Å². The van der Waals surface area contributed by atoms with E-state index in [1.54, 1.807) is 0 Å². The van der Waals surface area contributed by atoms with Crippen LogP contribution >= 0.6 is 0 Å². The van der Waals surface area contributed by atoms with Crippen molar-refractivity contribution >= 4 is 11.5 Å². The van der Waals surface area contributed by atoms with Gasteiger partial charge in [-0.2, -0.15) is 0 Å². The molecule has 0 bridgehead atoms. The standard InChI is InChI=1S/C13H22N4/c1-10-12(14)4-5-13(15-10)17(3)9-11-6-7-16(2)8-11/h4-5,11H,6-9,14H2,1-3H3. The Kier molecular flexibility index (Phi) is 3.52. The summed E-state index contributed by atoms with van der Waals surface area (Å²) < 4.78 is 0. The van der Waals surface area contributed by atoms with Gasteiger partial charge >= 0.3 is 0 Å². The normalized spacial score (nSPS) is 20.8. The molecule has 17 heavy (non-hydrogen) atoms. The Labute approximate surface area is 103 Å². The van der Waals surface area contributed by atoms with Crippen LogP contribution in [-0.4, -0.2) is 43.6 Å². The second-order valence-electron chi connectivity index (χ2n) is 5.14. The highest BCUT2D eigenvalue weighted by molar-refractivity contribution is 5.50. The van der Waals surface area contributed by atoms with E-state index in [9.17, 15) is 0 Å². The maximum atomic E-state index is 5.78. The summed E-state index contributed by atoms with van der Waals surface area (Å²) in [6.07, 6.45) is 1.29. The first-order valence-corrected chi connectivity index (χ1v) is 6.19. The summed E-state index contributed by atoms with van der Waals surface area (Å²) in [7, 11) is 4.29. The first-order chi connectivity index (χ1) is 8.06. The van der Waals surface area contributed by atoms with Crippen molar-refractivity contribution in [2.24, 2.45) is 5.92 Å². The number of nitrogens with zero attached hydrogens (tertiary/aromatic N) is 3.